The van der Waals surface area contributed by atoms with E-state index in [1.807, 2.05) is 0 Å². The van der Waals surface area contributed by atoms with Gasteiger partial charge in [0.05, 0.1) is 17.7 Å². The summed E-state index contributed by atoms with van der Waals surface area (Å²) in [5.74, 6) is -0.778. The van der Waals surface area contributed by atoms with Crippen molar-refractivity contribution in [2.75, 3.05) is 5.32 Å². The highest BCUT2D eigenvalue weighted by molar-refractivity contribution is 5.90. The number of nitrogens with one attached hydrogen (secondary N) is 1. The minimum atomic E-state index is -0.459. The minimum Gasteiger partial charge on any atom is -0.328 e. The molecule has 2 rings (SSSR count). The average molecular weight is 248 g/mol. The number of hydrogen-bond acceptors (Lipinski definition) is 3. The molecule has 0 unspecified atom stereocenters. The Labute approximate surface area is 103 Å². The van der Waals surface area contributed by atoms with E-state index in [1.54, 1.807) is 22.9 Å². The lowest BCUT2D eigenvalue weighted by atomic mass is 10.3. The molecule has 1 aromatic heterocycles. The number of hydrogen-bond donors (Lipinski definition) is 2. The van der Waals surface area contributed by atoms with Crippen molar-refractivity contribution in [1.29, 1.82) is 0 Å². The molecule has 2 aromatic rings. The second-order valence-electron chi connectivity index (χ2n) is 3.77. The molecule has 0 aliphatic heterocycles. The first-order chi connectivity index (χ1) is 8.69. The summed E-state index contributed by atoms with van der Waals surface area (Å²) >= 11 is 0. The third-order valence-electron chi connectivity index (χ3n) is 2.37. The van der Waals surface area contributed by atoms with Crippen molar-refractivity contribution in [3.05, 3.63) is 48.3 Å². The Kier molecular flexibility index (Phi) is 3.69. The van der Waals surface area contributed by atoms with Crippen LogP contribution in [0.3, 0.4) is 0 Å². The molecule has 0 aliphatic rings. The van der Waals surface area contributed by atoms with Crippen LogP contribution in [0.4, 0.5) is 10.1 Å². The van der Waals surface area contributed by atoms with Gasteiger partial charge in [-0.3, -0.25) is 4.79 Å². The number of rotatable bonds is 4. The van der Waals surface area contributed by atoms with Gasteiger partial charge in [-0.05, 0) is 12.1 Å². The molecule has 0 saturated carbocycles. The molecule has 1 aromatic carbocycles. The molecule has 0 spiro atoms. The van der Waals surface area contributed by atoms with Crippen LogP contribution in [0.5, 0.6) is 0 Å². The van der Waals surface area contributed by atoms with E-state index in [1.165, 1.54) is 18.5 Å². The topological polar surface area (TPSA) is 72.9 Å². The summed E-state index contributed by atoms with van der Waals surface area (Å²) in [7, 11) is 0. The molecule has 0 bridgehead atoms. The number of carbonyl (C=O) groups is 1. The normalized spacial score (nSPS) is 10.3. The summed E-state index contributed by atoms with van der Waals surface area (Å²) < 4.78 is 14.9. The van der Waals surface area contributed by atoms with Gasteiger partial charge in [-0.15, -0.1) is 0 Å². The number of halogens is 1. The van der Waals surface area contributed by atoms with Gasteiger partial charge in [0, 0.05) is 12.7 Å². The van der Waals surface area contributed by atoms with E-state index in [4.69, 9.17) is 5.73 Å². The van der Waals surface area contributed by atoms with Crippen LogP contribution >= 0.6 is 0 Å². The standard InChI is InChI=1S/C12H13FN4O/c13-10-3-1-2-4-11(10)16-12(18)7-17-6-9(5-14)15-8-17/h1-4,6,8H,5,7,14H2,(H,16,18). The zero-order valence-corrected chi connectivity index (χ0v) is 9.64. The van der Waals surface area contributed by atoms with Crippen LogP contribution in [-0.2, 0) is 17.9 Å². The van der Waals surface area contributed by atoms with Gasteiger partial charge in [-0.25, -0.2) is 9.37 Å². The van der Waals surface area contributed by atoms with Gasteiger partial charge in [-0.1, -0.05) is 12.1 Å². The second kappa shape index (κ2) is 5.42. The number of nitrogens with zero attached hydrogens (tertiary/aromatic N) is 2. The minimum absolute atomic E-state index is 0.0708. The van der Waals surface area contributed by atoms with E-state index in [9.17, 15) is 9.18 Å². The first-order valence-electron chi connectivity index (χ1n) is 5.44. The Morgan fingerprint density at radius 1 is 1.44 bits per heavy atom. The Morgan fingerprint density at radius 3 is 2.89 bits per heavy atom. The second-order valence-corrected chi connectivity index (χ2v) is 3.77. The van der Waals surface area contributed by atoms with E-state index in [0.29, 0.717) is 12.2 Å². The Morgan fingerprint density at radius 2 is 2.22 bits per heavy atom. The van der Waals surface area contributed by atoms with Crippen LogP contribution in [0.25, 0.3) is 0 Å². The maximum Gasteiger partial charge on any atom is 0.244 e. The van der Waals surface area contributed by atoms with Crippen molar-refractivity contribution in [2.24, 2.45) is 5.73 Å². The SMILES string of the molecule is NCc1cn(CC(=O)Nc2ccccc2F)cn1. The van der Waals surface area contributed by atoms with E-state index < -0.39 is 5.82 Å². The van der Waals surface area contributed by atoms with Crippen molar-refractivity contribution in [3.8, 4) is 0 Å². The van der Waals surface area contributed by atoms with Gasteiger partial charge < -0.3 is 15.6 Å². The van der Waals surface area contributed by atoms with Crippen LogP contribution in [-0.4, -0.2) is 15.5 Å². The quantitative estimate of drug-likeness (QED) is 0.851. The first kappa shape index (κ1) is 12.3. The van der Waals surface area contributed by atoms with E-state index in [2.05, 4.69) is 10.3 Å². The maximum absolute atomic E-state index is 13.3. The van der Waals surface area contributed by atoms with Gasteiger partial charge >= 0.3 is 0 Å². The fraction of sp³-hybridized carbons (Fsp3) is 0.167. The molecule has 0 radical (unpaired) electrons. The summed E-state index contributed by atoms with van der Waals surface area (Å²) in [4.78, 5) is 15.7. The predicted octanol–water partition coefficient (Wildman–Crippen LogP) is 1.12. The number of benzene rings is 1. The van der Waals surface area contributed by atoms with Crippen molar-refractivity contribution in [2.45, 2.75) is 13.1 Å². The summed E-state index contributed by atoms with van der Waals surface area (Å²) in [5, 5.41) is 2.49. The number of carbonyl (C=O) groups excluding carboxylic acids is 1. The third kappa shape index (κ3) is 2.92. The summed E-state index contributed by atoms with van der Waals surface area (Å²) in [6.07, 6.45) is 3.20. The highest BCUT2D eigenvalue weighted by Crippen LogP contribution is 2.12. The molecule has 0 atom stereocenters. The Balaban J connectivity index is 1.99. The Hall–Kier alpha value is -2.21. The molecule has 18 heavy (non-hydrogen) atoms. The highest BCUT2D eigenvalue weighted by Gasteiger charge is 2.07. The van der Waals surface area contributed by atoms with Gasteiger partial charge in [0.2, 0.25) is 5.91 Å². The fourth-order valence-corrected chi connectivity index (χ4v) is 1.52. The van der Waals surface area contributed by atoms with E-state index in [-0.39, 0.29) is 18.1 Å². The molecule has 5 nitrogen and oxygen atoms in total. The van der Waals surface area contributed by atoms with Gasteiger partial charge in [0.15, 0.2) is 0 Å². The molecule has 0 aliphatic carbocycles. The van der Waals surface area contributed by atoms with E-state index in [0.717, 1.165) is 0 Å². The fourth-order valence-electron chi connectivity index (χ4n) is 1.52. The zero-order valence-electron chi connectivity index (χ0n) is 9.64. The maximum atomic E-state index is 13.3. The lowest BCUT2D eigenvalue weighted by Crippen LogP contribution is -2.18. The number of nitrogens with two attached hydrogens (primary N) is 1. The number of aromatic nitrogens is 2. The molecule has 94 valence electrons. The molecule has 0 saturated heterocycles. The number of imidazole rings is 1. The molecule has 1 heterocycles. The van der Waals surface area contributed by atoms with Crippen LogP contribution in [0.15, 0.2) is 36.8 Å². The monoisotopic (exact) mass is 248 g/mol. The number of anilines is 1. The average Bonchev–Trinajstić information content (AvgIpc) is 2.80. The number of para-hydroxylation sites is 1. The van der Waals surface area contributed by atoms with Gasteiger partial charge in [0.1, 0.15) is 12.4 Å². The summed E-state index contributed by atoms with van der Waals surface area (Å²) in [6, 6.07) is 6.02. The lowest BCUT2D eigenvalue weighted by molar-refractivity contribution is -0.116. The van der Waals surface area contributed by atoms with Crippen LogP contribution in [0.1, 0.15) is 5.69 Å². The molecule has 6 heteroatoms. The lowest BCUT2D eigenvalue weighted by Gasteiger charge is -2.06. The van der Waals surface area contributed by atoms with Crippen molar-refractivity contribution < 1.29 is 9.18 Å². The first-order valence-corrected chi connectivity index (χ1v) is 5.44. The smallest absolute Gasteiger partial charge is 0.244 e. The predicted molar refractivity (Wildman–Crippen MR) is 65.1 cm³/mol. The molecule has 3 N–H and O–H groups in total. The molecular weight excluding hydrogens is 235 g/mol. The molecule has 0 fully saturated rings. The Bertz CT molecular complexity index is 553. The largest absolute Gasteiger partial charge is 0.328 e. The van der Waals surface area contributed by atoms with Gasteiger partial charge in [-0.2, -0.15) is 0 Å². The number of amides is 1. The summed E-state index contributed by atoms with van der Waals surface area (Å²) in [6.45, 7) is 0.392. The highest BCUT2D eigenvalue weighted by atomic mass is 19.1. The van der Waals surface area contributed by atoms with Crippen LogP contribution in [0.2, 0.25) is 0 Å². The third-order valence-corrected chi connectivity index (χ3v) is 2.37. The van der Waals surface area contributed by atoms with Gasteiger partial charge in [0.25, 0.3) is 0 Å². The molecular formula is C12H13FN4O. The van der Waals surface area contributed by atoms with Crippen molar-refractivity contribution in [3.63, 3.8) is 0 Å². The van der Waals surface area contributed by atoms with Crippen molar-refractivity contribution in [1.82, 2.24) is 9.55 Å². The van der Waals surface area contributed by atoms with Crippen molar-refractivity contribution >= 4 is 11.6 Å². The summed E-state index contributed by atoms with van der Waals surface area (Å²) in [5.41, 5.74) is 6.28. The van der Waals surface area contributed by atoms with E-state index >= 15 is 0 Å². The zero-order chi connectivity index (χ0) is 13.0. The molecule has 1 amide bonds. The van der Waals surface area contributed by atoms with Crippen LogP contribution < -0.4 is 11.1 Å². The van der Waals surface area contributed by atoms with Crippen LogP contribution in [0, 0.1) is 5.82 Å².